The monoisotopic (exact) mass is 233 g/mol. The summed E-state index contributed by atoms with van der Waals surface area (Å²) in [7, 11) is 0. The second-order valence-corrected chi connectivity index (χ2v) is 4.76. The minimum Gasteiger partial charge on any atom is -0.322 e. The number of hydrogen-bond acceptors (Lipinski definition) is 2. The summed E-state index contributed by atoms with van der Waals surface area (Å²) in [6.07, 6.45) is 1.74. The minimum atomic E-state index is -0.449. The molecule has 0 saturated heterocycles. The number of nitrogens with zero attached hydrogens (tertiary/aromatic N) is 2. The lowest BCUT2D eigenvalue weighted by molar-refractivity contribution is 0.550. The first-order valence-corrected chi connectivity index (χ1v) is 5.49. The van der Waals surface area contributed by atoms with E-state index in [0.29, 0.717) is 5.69 Å². The largest absolute Gasteiger partial charge is 0.322 e. The first-order chi connectivity index (χ1) is 7.89. The van der Waals surface area contributed by atoms with Gasteiger partial charge in [0, 0.05) is 16.8 Å². The fraction of sp³-hybridized carbons (Fsp3) is 0.308. The van der Waals surface area contributed by atoms with Crippen molar-refractivity contribution in [3.05, 3.63) is 47.5 Å². The molecule has 0 aliphatic rings. The molecule has 2 rings (SSSR count). The maximum Gasteiger partial charge on any atom is 0.125 e. The number of halogens is 1. The van der Waals surface area contributed by atoms with Crippen molar-refractivity contribution in [2.75, 3.05) is 0 Å². The van der Waals surface area contributed by atoms with Gasteiger partial charge in [0.25, 0.3) is 0 Å². The van der Waals surface area contributed by atoms with Crippen LogP contribution in [0.3, 0.4) is 0 Å². The number of aromatic nitrogens is 2. The maximum atomic E-state index is 13.2. The Bertz CT molecular complexity index is 538. The number of hydrogen-bond donors (Lipinski definition) is 1. The fourth-order valence-electron chi connectivity index (χ4n) is 1.91. The van der Waals surface area contributed by atoms with Crippen molar-refractivity contribution >= 4 is 0 Å². The van der Waals surface area contributed by atoms with Crippen LogP contribution in [-0.2, 0) is 5.54 Å². The van der Waals surface area contributed by atoms with Crippen molar-refractivity contribution in [3.8, 4) is 5.69 Å². The summed E-state index contributed by atoms with van der Waals surface area (Å²) in [5.41, 5.74) is 8.20. The predicted molar refractivity (Wildman–Crippen MR) is 65.5 cm³/mol. The van der Waals surface area contributed by atoms with Gasteiger partial charge in [0.05, 0.1) is 11.9 Å². The standard InChI is InChI=1S/C13H16FN3/c1-9-12(13(2,3)15)8-16-17(9)11-6-4-5-10(14)7-11/h4-8H,15H2,1-3H3. The van der Waals surface area contributed by atoms with Gasteiger partial charge in [-0.2, -0.15) is 5.10 Å². The predicted octanol–water partition coefficient (Wildman–Crippen LogP) is 2.51. The third-order valence-electron chi connectivity index (χ3n) is 2.76. The van der Waals surface area contributed by atoms with Gasteiger partial charge in [-0.1, -0.05) is 6.07 Å². The van der Waals surface area contributed by atoms with Crippen LogP contribution in [-0.4, -0.2) is 9.78 Å². The van der Waals surface area contributed by atoms with E-state index < -0.39 is 5.54 Å². The van der Waals surface area contributed by atoms with Gasteiger partial charge >= 0.3 is 0 Å². The topological polar surface area (TPSA) is 43.8 Å². The van der Waals surface area contributed by atoms with Crippen LogP contribution in [0.5, 0.6) is 0 Å². The van der Waals surface area contributed by atoms with E-state index in [-0.39, 0.29) is 5.82 Å². The molecule has 0 atom stereocenters. The first-order valence-electron chi connectivity index (χ1n) is 5.49. The molecule has 1 aromatic heterocycles. The average molecular weight is 233 g/mol. The summed E-state index contributed by atoms with van der Waals surface area (Å²) in [4.78, 5) is 0. The van der Waals surface area contributed by atoms with Gasteiger partial charge in [0.1, 0.15) is 5.82 Å². The van der Waals surface area contributed by atoms with E-state index in [1.165, 1.54) is 12.1 Å². The van der Waals surface area contributed by atoms with E-state index in [0.717, 1.165) is 11.3 Å². The van der Waals surface area contributed by atoms with Gasteiger partial charge < -0.3 is 5.73 Å². The lowest BCUT2D eigenvalue weighted by Crippen LogP contribution is -2.29. The summed E-state index contributed by atoms with van der Waals surface area (Å²) in [6, 6.07) is 6.35. The SMILES string of the molecule is Cc1c(C(C)(C)N)cnn1-c1cccc(F)c1. The van der Waals surface area contributed by atoms with Gasteiger partial charge in [-0.05, 0) is 39.0 Å². The number of nitrogens with two attached hydrogens (primary N) is 1. The Labute approximate surface area is 100 Å². The zero-order valence-corrected chi connectivity index (χ0v) is 10.2. The van der Waals surface area contributed by atoms with Crippen molar-refractivity contribution in [2.24, 2.45) is 5.73 Å². The van der Waals surface area contributed by atoms with Crippen LogP contribution < -0.4 is 5.73 Å². The van der Waals surface area contributed by atoms with Gasteiger partial charge in [-0.15, -0.1) is 0 Å². The molecule has 1 heterocycles. The van der Waals surface area contributed by atoms with Gasteiger partial charge in [-0.3, -0.25) is 0 Å². The van der Waals surface area contributed by atoms with Crippen molar-refractivity contribution in [1.29, 1.82) is 0 Å². The highest BCUT2D eigenvalue weighted by molar-refractivity contribution is 5.36. The van der Waals surface area contributed by atoms with Gasteiger partial charge in [0.15, 0.2) is 0 Å². The molecule has 1 aromatic carbocycles. The van der Waals surface area contributed by atoms with Crippen LogP contribution in [0, 0.1) is 12.7 Å². The fourth-order valence-corrected chi connectivity index (χ4v) is 1.91. The summed E-state index contributed by atoms with van der Waals surface area (Å²) >= 11 is 0. The average Bonchev–Trinajstić information content (AvgIpc) is 2.59. The van der Waals surface area contributed by atoms with E-state index in [1.807, 2.05) is 26.8 Å². The van der Waals surface area contributed by atoms with E-state index in [2.05, 4.69) is 5.10 Å². The molecule has 2 N–H and O–H groups in total. The maximum absolute atomic E-state index is 13.2. The molecular formula is C13H16FN3. The Kier molecular flexibility index (Phi) is 2.75. The third-order valence-corrected chi connectivity index (χ3v) is 2.76. The van der Waals surface area contributed by atoms with Crippen LogP contribution in [0.25, 0.3) is 5.69 Å². The zero-order chi connectivity index (χ0) is 12.6. The lowest BCUT2D eigenvalue weighted by Gasteiger charge is -2.18. The molecule has 3 nitrogen and oxygen atoms in total. The second-order valence-electron chi connectivity index (χ2n) is 4.76. The van der Waals surface area contributed by atoms with Crippen molar-refractivity contribution in [1.82, 2.24) is 9.78 Å². The van der Waals surface area contributed by atoms with Crippen LogP contribution >= 0.6 is 0 Å². The van der Waals surface area contributed by atoms with Crippen LogP contribution in [0.15, 0.2) is 30.5 Å². The van der Waals surface area contributed by atoms with Crippen molar-refractivity contribution in [3.63, 3.8) is 0 Å². The minimum absolute atomic E-state index is 0.272. The van der Waals surface area contributed by atoms with E-state index >= 15 is 0 Å². The second kappa shape index (κ2) is 3.96. The van der Waals surface area contributed by atoms with Gasteiger partial charge in [0.2, 0.25) is 0 Å². The molecule has 90 valence electrons. The lowest BCUT2D eigenvalue weighted by atomic mass is 9.97. The Hall–Kier alpha value is -1.68. The molecule has 17 heavy (non-hydrogen) atoms. The van der Waals surface area contributed by atoms with E-state index in [1.54, 1.807) is 16.9 Å². The highest BCUT2D eigenvalue weighted by atomic mass is 19.1. The molecule has 0 aliphatic heterocycles. The Morgan fingerprint density at radius 3 is 2.59 bits per heavy atom. The Balaban J connectivity index is 2.52. The van der Waals surface area contributed by atoms with Gasteiger partial charge in [-0.25, -0.2) is 9.07 Å². The molecule has 4 heteroatoms. The third kappa shape index (κ3) is 2.22. The molecule has 0 spiro atoms. The molecule has 0 aliphatic carbocycles. The Morgan fingerprint density at radius 1 is 1.35 bits per heavy atom. The highest BCUT2D eigenvalue weighted by Crippen LogP contribution is 2.22. The summed E-state index contributed by atoms with van der Waals surface area (Å²) in [5, 5.41) is 4.26. The molecular weight excluding hydrogens is 217 g/mol. The zero-order valence-electron chi connectivity index (χ0n) is 10.2. The van der Waals surface area contributed by atoms with E-state index in [9.17, 15) is 4.39 Å². The Morgan fingerprint density at radius 2 is 2.06 bits per heavy atom. The van der Waals surface area contributed by atoms with Crippen LogP contribution in [0.2, 0.25) is 0 Å². The molecule has 0 unspecified atom stereocenters. The highest BCUT2D eigenvalue weighted by Gasteiger charge is 2.20. The quantitative estimate of drug-likeness (QED) is 0.866. The normalized spacial score (nSPS) is 11.8. The van der Waals surface area contributed by atoms with E-state index in [4.69, 9.17) is 5.73 Å². The van der Waals surface area contributed by atoms with Crippen molar-refractivity contribution < 1.29 is 4.39 Å². The van der Waals surface area contributed by atoms with Crippen molar-refractivity contribution in [2.45, 2.75) is 26.3 Å². The number of rotatable bonds is 2. The summed E-state index contributed by atoms with van der Waals surface area (Å²) in [5.74, 6) is -0.272. The first kappa shape index (κ1) is 11.8. The van der Waals surface area contributed by atoms with Crippen LogP contribution in [0.4, 0.5) is 4.39 Å². The molecule has 0 amide bonds. The smallest absolute Gasteiger partial charge is 0.125 e. The number of benzene rings is 1. The molecule has 0 fully saturated rings. The summed E-state index contributed by atoms with van der Waals surface area (Å²) < 4.78 is 14.9. The van der Waals surface area contributed by atoms with Crippen LogP contribution in [0.1, 0.15) is 25.1 Å². The summed E-state index contributed by atoms with van der Waals surface area (Å²) in [6.45, 7) is 5.78. The molecule has 2 aromatic rings. The molecule has 0 radical (unpaired) electrons. The molecule has 0 bridgehead atoms. The molecule has 0 saturated carbocycles.